The van der Waals surface area contributed by atoms with E-state index in [0.29, 0.717) is 0 Å². The smallest absolute Gasteiger partial charge is 0.123 e. The van der Waals surface area contributed by atoms with Crippen LogP contribution in [0, 0.1) is 0 Å². The Labute approximate surface area is 116 Å². The number of para-hydroxylation sites is 1. The maximum atomic E-state index is 5.53. The van der Waals surface area contributed by atoms with Gasteiger partial charge in [-0.15, -0.1) is 0 Å². The minimum absolute atomic E-state index is 0.0832. The molecular weight excluding hydrogens is 236 g/mol. The lowest BCUT2D eigenvalue weighted by molar-refractivity contribution is 0.109. The first kappa shape index (κ1) is 14.4. The van der Waals surface area contributed by atoms with E-state index in [0.717, 1.165) is 5.75 Å². The zero-order chi connectivity index (χ0) is 13.9. The molecule has 1 atom stereocenters. The fraction of sp³-hybridized carbons (Fsp3) is 0.625. The molecule has 0 radical (unpaired) electrons. The number of ether oxygens (including phenoxy) is 1. The van der Waals surface area contributed by atoms with Gasteiger partial charge in [-0.3, -0.25) is 4.90 Å². The molecule has 0 aliphatic carbocycles. The average Bonchev–Trinajstić information content (AvgIpc) is 2.94. The Morgan fingerprint density at radius 1 is 1.21 bits per heavy atom. The third-order valence-corrected chi connectivity index (χ3v) is 4.37. The number of hydrogen-bond acceptors (Lipinski definition) is 3. The zero-order valence-corrected chi connectivity index (χ0v) is 12.6. The number of rotatable bonds is 5. The molecule has 1 heterocycles. The summed E-state index contributed by atoms with van der Waals surface area (Å²) in [7, 11) is 3.78. The van der Waals surface area contributed by atoms with Crippen molar-refractivity contribution in [2.24, 2.45) is 0 Å². The first-order valence-electron chi connectivity index (χ1n) is 7.16. The van der Waals surface area contributed by atoms with Crippen LogP contribution in [0.4, 0.5) is 0 Å². The number of likely N-dealkylation sites (N-methyl/N-ethyl adjacent to an activating group) is 1. The van der Waals surface area contributed by atoms with Crippen molar-refractivity contribution < 1.29 is 4.74 Å². The van der Waals surface area contributed by atoms with Gasteiger partial charge in [-0.1, -0.05) is 18.2 Å². The number of nitrogens with zero attached hydrogens (tertiary/aromatic N) is 1. The summed E-state index contributed by atoms with van der Waals surface area (Å²) in [6.45, 7) is 7.04. The zero-order valence-electron chi connectivity index (χ0n) is 12.6. The van der Waals surface area contributed by atoms with Crippen LogP contribution in [0.1, 0.15) is 38.3 Å². The Morgan fingerprint density at radius 2 is 1.84 bits per heavy atom. The molecule has 1 aromatic rings. The fourth-order valence-corrected chi connectivity index (χ4v) is 3.27. The van der Waals surface area contributed by atoms with Gasteiger partial charge in [0.05, 0.1) is 13.2 Å². The Morgan fingerprint density at radius 3 is 2.42 bits per heavy atom. The first-order chi connectivity index (χ1) is 9.11. The largest absolute Gasteiger partial charge is 0.496 e. The van der Waals surface area contributed by atoms with E-state index in [2.05, 4.69) is 36.2 Å². The maximum Gasteiger partial charge on any atom is 0.123 e. The number of methoxy groups -OCH3 is 1. The second-order valence-electron chi connectivity index (χ2n) is 5.81. The predicted molar refractivity (Wildman–Crippen MR) is 79.7 cm³/mol. The van der Waals surface area contributed by atoms with Gasteiger partial charge in [-0.05, 0) is 52.9 Å². The molecule has 0 aromatic heterocycles. The van der Waals surface area contributed by atoms with Crippen LogP contribution in [0.5, 0.6) is 5.75 Å². The molecule has 106 valence electrons. The highest BCUT2D eigenvalue weighted by molar-refractivity contribution is 5.37. The molecule has 3 heteroatoms. The van der Waals surface area contributed by atoms with Crippen molar-refractivity contribution in [3.05, 3.63) is 29.8 Å². The van der Waals surface area contributed by atoms with Gasteiger partial charge in [0.25, 0.3) is 0 Å². The summed E-state index contributed by atoms with van der Waals surface area (Å²) in [5, 5.41) is 3.49. The van der Waals surface area contributed by atoms with Crippen molar-refractivity contribution in [2.75, 3.05) is 27.2 Å². The lowest BCUT2D eigenvalue weighted by Gasteiger charge is -2.42. The van der Waals surface area contributed by atoms with E-state index in [-0.39, 0.29) is 11.6 Å². The minimum atomic E-state index is 0.0832. The molecule has 1 aliphatic heterocycles. The van der Waals surface area contributed by atoms with Gasteiger partial charge in [0, 0.05) is 11.1 Å². The second kappa shape index (κ2) is 5.93. The van der Waals surface area contributed by atoms with Gasteiger partial charge in [-0.25, -0.2) is 0 Å². The molecule has 19 heavy (non-hydrogen) atoms. The molecule has 3 nitrogen and oxygen atoms in total. The van der Waals surface area contributed by atoms with E-state index in [4.69, 9.17) is 4.74 Å². The van der Waals surface area contributed by atoms with Crippen LogP contribution < -0.4 is 10.1 Å². The van der Waals surface area contributed by atoms with Crippen molar-refractivity contribution in [1.29, 1.82) is 0 Å². The molecule has 1 saturated heterocycles. The molecule has 1 aromatic carbocycles. The Balaban J connectivity index is 2.32. The predicted octanol–water partition coefficient (Wildman–Crippen LogP) is 2.83. The third-order valence-electron chi connectivity index (χ3n) is 4.37. The Hall–Kier alpha value is -1.06. The van der Waals surface area contributed by atoms with Gasteiger partial charge in [0.2, 0.25) is 0 Å². The normalized spacial score (nSPS) is 18.5. The van der Waals surface area contributed by atoms with Crippen molar-refractivity contribution in [2.45, 2.75) is 38.3 Å². The molecule has 0 spiro atoms. The SMILES string of the molecule is CNC(c1ccccc1OC)C(C)(C)N1CCCC1. The van der Waals surface area contributed by atoms with Crippen LogP contribution in [-0.4, -0.2) is 37.7 Å². The van der Waals surface area contributed by atoms with Crippen LogP contribution in [0.15, 0.2) is 24.3 Å². The molecule has 1 aliphatic rings. The second-order valence-corrected chi connectivity index (χ2v) is 5.81. The van der Waals surface area contributed by atoms with E-state index in [9.17, 15) is 0 Å². The molecule has 0 bridgehead atoms. The molecule has 1 N–H and O–H groups in total. The monoisotopic (exact) mass is 262 g/mol. The number of benzene rings is 1. The van der Waals surface area contributed by atoms with Crippen LogP contribution in [0.3, 0.4) is 0 Å². The summed E-state index contributed by atoms with van der Waals surface area (Å²) in [6.07, 6.45) is 2.62. The number of likely N-dealkylation sites (tertiary alicyclic amines) is 1. The van der Waals surface area contributed by atoms with E-state index in [1.54, 1.807) is 7.11 Å². The highest BCUT2D eigenvalue weighted by Crippen LogP contribution is 2.37. The van der Waals surface area contributed by atoms with Crippen LogP contribution in [-0.2, 0) is 0 Å². The molecule has 1 unspecified atom stereocenters. The summed E-state index contributed by atoms with van der Waals surface area (Å²) in [6, 6.07) is 8.58. The molecule has 0 saturated carbocycles. The topological polar surface area (TPSA) is 24.5 Å². The molecule has 0 amide bonds. The Bertz CT molecular complexity index is 411. The van der Waals surface area contributed by atoms with E-state index in [1.807, 2.05) is 19.2 Å². The summed E-state index contributed by atoms with van der Waals surface area (Å²) < 4.78 is 5.53. The van der Waals surface area contributed by atoms with Gasteiger partial charge in [-0.2, -0.15) is 0 Å². The van der Waals surface area contributed by atoms with Crippen LogP contribution in [0.2, 0.25) is 0 Å². The first-order valence-corrected chi connectivity index (χ1v) is 7.16. The third kappa shape index (κ3) is 2.77. The van der Waals surface area contributed by atoms with E-state index >= 15 is 0 Å². The van der Waals surface area contributed by atoms with Crippen LogP contribution in [0.25, 0.3) is 0 Å². The van der Waals surface area contributed by atoms with E-state index in [1.165, 1.54) is 31.5 Å². The lowest BCUT2D eigenvalue weighted by atomic mass is 9.86. The van der Waals surface area contributed by atoms with Crippen molar-refractivity contribution in [1.82, 2.24) is 10.2 Å². The van der Waals surface area contributed by atoms with Crippen LogP contribution >= 0.6 is 0 Å². The number of nitrogens with one attached hydrogen (secondary N) is 1. The average molecular weight is 262 g/mol. The van der Waals surface area contributed by atoms with Gasteiger partial charge in [0.15, 0.2) is 0 Å². The Kier molecular flexibility index (Phi) is 4.48. The fourth-order valence-electron chi connectivity index (χ4n) is 3.27. The van der Waals surface area contributed by atoms with Crippen molar-refractivity contribution in [3.8, 4) is 5.75 Å². The summed E-state index contributed by atoms with van der Waals surface area (Å²) >= 11 is 0. The van der Waals surface area contributed by atoms with Gasteiger partial charge < -0.3 is 10.1 Å². The van der Waals surface area contributed by atoms with Crippen molar-refractivity contribution in [3.63, 3.8) is 0 Å². The number of hydrogen-bond donors (Lipinski definition) is 1. The molecule has 1 fully saturated rings. The van der Waals surface area contributed by atoms with E-state index < -0.39 is 0 Å². The van der Waals surface area contributed by atoms with Gasteiger partial charge in [0.1, 0.15) is 5.75 Å². The minimum Gasteiger partial charge on any atom is -0.496 e. The summed E-state index contributed by atoms with van der Waals surface area (Å²) in [4.78, 5) is 2.58. The maximum absolute atomic E-state index is 5.53. The summed E-state index contributed by atoms with van der Waals surface area (Å²) in [5.74, 6) is 0.967. The molecule has 2 rings (SSSR count). The van der Waals surface area contributed by atoms with Crippen molar-refractivity contribution >= 4 is 0 Å². The quantitative estimate of drug-likeness (QED) is 0.883. The highest BCUT2D eigenvalue weighted by Gasteiger charge is 2.37. The summed E-state index contributed by atoms with van der Waals surface area (Å²) in [5.41, 5.74) is 1.32. The molecular formula is C16H26N2O. The van der Waals surface area contributed by atoms with Gasteiger partial charge >= 0.3 is 0 Å². The standard InChI is InChI=1S/C16H26N2O/c1-16(2,18-11-7-8-12-18)15(17-3)13-9-5-6-10-14(13)19-4/h5-6,9-10,15,17H,7-8,11-12H2,1-4H3. The highest BCUT2D eigenvalue weighted by atomic mass is 16.5. The lowest BCUT2D eigenvalue weighted by Crippen LogP contribution is -2.50.